The van der Waals surface area contributed by atoms with Crippen molar-refractivity contribution in [2.24, 2.45) is 0 Å². The number of likely N-dealkylation sites (N-methyl/N-ethyl adjacent to an activating group) is 1. The zero-order valence-corrected chi connectivity index (χ0v) is 11.2. The van der Waals surface area contributed by atoms with E-state index in [-0.39, 0.29) is 17.9 Å². The van der Waals surface area contributed by atoms with E-state index in [1.807, 2.05) is 24.3 Å². The smallest absolute Gasteiger partial charge is 0.224 e. The molecule has 5 nitrogen and oxygen atoms in total. The van der Waals surface area contributed by atoms with Crippen LogP contribution in [0.5, 0.6) is 5.75 Å². The summed E-state index contributed by atoms with van der Waals surface area (Å²) >= 11 is 0. The summed E-state index contributed by atoms with van der Waals surface area (Å²) in [6.07, 6.45) is 0.686. The largest absolute Gasteiger partial charge is 0.497 e. The Kier molecular flexibility index (Phi) is 4.04. The average Bonchev–Trinajstić information content (AvgIpc) is 2.68. The van der Waals surface area contributed by atoms with Crippen LogP contribution in [0.25, 0.3) is 0 Å². The van der Waals surface area contributed by atoms with Crippen molar-refractivity contribution in [3.05, 3.63) is 29.8 Å². The van der Waals surface area contributed by atoms with Gasteiger partial charge in [0.2, 0.25) is 11.8 Å². The standard InChI is InChI=1S/C14H18N2O3/c1-16-9-11(8-14(16)18)15-13(17)7-10-4-3-5-12(6-10)19-2/h3-6,11H,7-9H2,1-2H3,(H,15,17). The molecule has 1 aliphatic rings. The molecule has 19 heavy (non-hydrogen) atoms. The molecule has 0 saturated carbocycles. The Labute approximate surface area is 112 Å². The van der Waals surface area contributed by atoms with Crippen molar-refractivity contribution in [3.63, 3.8) is 0 Å². The highest BCUT2D eigenvalue weighted by molar-refractivity contribution is 5.83. The predicted octanol–water partition coefficient (Wildman–Crippen LogP) is 0.585. The second-order valence-electron chi connectivity index (χ2n) is 4.77. The van der Waals surface area contributed by atoms with E-state index in [1.165, 1.54) is 0 Å². The second kappa shape index (κ2) is 5.73. The third kappa shape index (κ3) is 3.47. The zero-order chi connectivity index (χ0) is 13.8. The van der Waals surface area contributed by atoms with Crippen molar-refractivity contribution < 1.29 is 14.3 Å². The SMILES string of the molecule is COc1cccc(CC(=O)NC2CC(=O)N(C)C2)c1. The Bertz CT molecular complexity index is 487. The fraction of sp³-hybridized carbons (Fsp3) is 0.429. The topological polar surface area (TPSA) is 58.6 Å². The molecule has 0 radical (unpaired) electrons. The molecule has 102 valence electrons. The minimum absolute atomic E-state index is 0.0682. The van der Waals surface area contributed by atoms with Gasteiger partial charge in [0.05, 0.1) is 19.6 Å². The fourth-order valence-electron chi connectivity index (χ4n) is 2.21. The quantitative estimate of drug-likeness (QED) is 0.863. The maximum absolute atomic E-state index is 11.9. The van der Waals surface area contributed by atoms with Gasteiger partial charge < -0.3 is 15.0 Å². The molecule has 1 unspecified atom stereocenters. The average molecular weight is 262 g/mol. The number of amides is 2. The summed E-state index contributed by atoms with van der Waals surface area (Å²) in [6, 6.07) is 7.34. The van der Waals surface area contributed by atoms with Gasteiger partial charge in [0.25, 0.3) is 0 Å². The van der Waals surface area contributed by atoms with E-state index in [1.54, 1.807) is 19.1 Å². The molecule has 1 aromatic carbocycles. The Morgan fingerprint density at radius 2 is 2.32 bits per heavy atom. The van der Waals surface area contributed by atoms with Gasteiger partial charge in [-0.1, -0.05) is 12.1 Å². The third-order valence-electron chi connectivity index (χ3n) is 3.20. The summed E-state index contributed by atoms with van der Waals surface area (Å²) < 4.78 is 5.11. The number of nitrogens with zero attached hydrogens (tertiary/aromatic N) is 1. The van der Waals surface area contributed by atoms with Gasteiger partial charge in [0.1, 0.15) is 5.75 Å². The highest BCUT2D eigenvalue weighted by Crippen LogP contribution is 2.13. The lowest BCUT2D eigenvalue weighted by Crippen LogP contribution is -2.37. The zero-order valence-electron chi connectivity index (χ0n) is 11.2. The van der Waals surface area contributed by atoms with Gasteiger partial charge in [0, 0.05) is 20.0 Å². The summed E-state index contributed by atoms with van der Waals surface area (Å²) in [5.74, 6) is 0.745. The molecular formula is C14H18N2O3. The molecule has 1 aliphatic heterocycles. The molecular weight excluding hydrogens is 244 g/mol. The van der Waals surface area contributed by atoms with E-state index in [2.05, 4.69) is 5.32 Å². The van der Waals surface area contributed by atoms with Crippen molar-refractivity contribution in [1.29, 1.82) is 0 Å². The normalized spacial score (nSPS) is 18.5. The predicted molar refractivity (Wildman–Crippen MR) is 70.9 cm³/mol. The van der Waals surface area contributed by atoms with Crippen LogP contribution >= 0.6 is 0 Å². The van der Waals surface area contributed by atoms with E-state index in [0.717, 1.165) is 11.3 Å². The van der Waals surface area contributed by atoms with Gasteiger partial charge >= 0.3 is 0 Å². The maximum atomic E-state index is 11.9. The number of nitrogens with one attached hydrogen (secondary N) is 1. The van der Waals surface area contributed by atoms with Crippen molar-refractivity contribution in [2.75, 3.05) is 20.7 Å². The molecule has 1 atom stereocenters. The first-order valence-electron chi connectivity index (χ1n) is 6.24. The second-order valence-corrected chi connectivity index (χ2v) is 4.77. The first-order valence-corrected chi connectivity index (χ1v) is 6.24. The molecule has 0 bridgehead atoms. The number of carbonyl (C=O) groups excluding carboxylic acids is 2. The van der Waals surface area contributed by atoms with Crippen LogP contribution in [0.1, 0.15) is 12.0 Å². The molecule has 1 aromatic rings. The van der Waals surface area contributed by atoms with Gasteiger partial charge in [-0.25, -0.2) is 0 Å². The van der Waals surface area contributed by atoms with Crippen molar-refractivity contribution in [2.45, 2.75) is 18.9 Å². The Morgan fingerprint density at radius 3 is 2.95 bits per heavy atom. The number of hydrogen-bond acceptors (Lipinski definition) is 3. The fourth-order valence-corrected chi connectivity index (χ4v) is 2.21. The Balaban J connectivity index is 1.89. The van der Waals surface area contributed by atoms with Gasteiger partial charge in [0.15, 0.2) is 0 Å². The lowest BCUT2D eigenvalue weighted by atomic mass is 10.1. The first-order chi connectivity index (χ1) is 9.08. The molecule has 5 heteroatoms. The first kappa shape index (κ1) is 13.4. The number of benzene rings is 1. The van der Waals surface area contributed by atoms with Crippen LogP contribution in [0, 0.1) is 0 Å². The van der Waals surface area contributed by atoms with E-state index in [0.29, 0.717) is 19.4 Å². The molecule has 1 fully saturated rings. The van der Waals surface area contributed by atoms with Gasteiger partial charge in [-0.3, -0.25) is 9.59 Å². The molecule has 0 aromatic heterocycles. The van der Waals surface area contributed by atoms with Crippen molar-refractivity contribution in [3.8, 4) is 5.75 Å². The number of rotatable bonds is 4. The van der Waals surface area contributed by atoms with Crippen LogP contribution in [0.4, 0.5) is 0 Å². The number of carbonyl (C=O) groups is 2. The summed E-state index contributed by atoms with van der Waals surface area (Å²) in [6.45, 7) is 0.586. The monoisotopic (exact) mass is 262 g/mol. The summed E-state index contributed by atoms with van der Waals surface area (Å²) in [5, 5.41) is 2.88. The third-order valence-corrected chi connectivity index (χ3v) is 3.20. The minimum atomic E-state index is -0.0735. The molecule has 1 heterocycles. The highest BCUT2D eigenvalue weighted by atomic mass is 16.5. The van der Waals surface area contributed by atoms with Gasteiger partial charge in [-0.2, -0.15) is 0 Å². The number of likely N-dealkylation sites (tertiary alicyclic amines) is 1. The van der Waals surface area contributed by atoms with E-state index >= 15 is 0 Å². The van der Waals surface area contributed by atoms with Crippen molar-refractivity contribution >= 4 is 11.8 Å². The highest BCUT2D eigenvalue weighted by Gasteiger charge is 2.27. The lowest BCUT2D eigenvalue weighted by molar-refractivity contribution is -0.126. The van der Waals surface area contributed by atoms with Crippen LogP contribution in [0.2, 0.25) is 0 Å². The lowest BCUT2D eigenvalue weighted by Gasteiger charge is -2.12. The molecule has 1 N–H and O–H groups in total. The number of methoxy groups -OCH3 is 1. The van der Waals surface area contributed by atoms with Crippen LogP contribution < -0.4 is 10.1 Å². The van der Waals surface area contributed by atoms with Crippen LogP contribution in [0.3, 0.4) is 0 Å². The summed E-state index contributed by atoms with van der Waals surface area (Å²) in [4.78, 5) is 24.9. The van der Waals surface area contributed by atoms with Gasteiger partial charge in [-0.15, -0.1) is 0 Å². The van der Waals surface area contributed by atoms with E-state index in [9.17, 15) is 9.59 Å². The molecule has 0 spiro atoms. The molecule has 2 rings (SSSR count). The minimum Gasteiger partial charge on any atom is -0.497 e. The Hall–Kier alpha value is -2.04. The molecule has 1 saturated heterocycles. The van der Waals surface area contributed by atoms with Gasteiger partial charge in [-0.05, 0) is 17.7 Å². The molecule has 0 aliphatic carbocycles. The van der Waals surface area contributed by atoms with Crippen LogP contribution in [-0.2, 0) is 16.0 Å². The van der Waals surface area contributed by atoms with E-state index in [4.69, 9.17) is 4.74 Å². The van der Waals surface area contributed by atoms with E-state index < -0.39 is 0 Å². The number of ether oxygens (including phenoxy) is 1. The number of hydrogen-bond donors (Lipinski definition) is 1. The summed E-state index contributed by atoms with van der Waals surface area (Å²) in [5.41, 5.74) is 0.898. The Morgan fingerprint density at radius 1 is 1.53 bits per heavy atom. The van der Waals surface area contributed by atoms with Crippen LogP contribution in [-0.4, -0.2) is 43.5 Å². The summed E-state index contributed by atoms with van der Waals surface area (Å²) in [7, 11) is 3.34. The molecule has 2 amide bonds. The van der Waals surface area contributed by atoms with Crippen LogP contribution in [0.15, 0.2) is 24.3 Å². The maximum Gasteiger partial charge on any atom is 0.224 e. The van der Waals surface area contributed by atoms with Crippen molar-refractivity contribution in [1.82, 2.24) is 10.2 Å².